The van der Waals surface area contributed by atoms with Crippen LogP contribution in [0.4, 0.5) is 18.0 Å². The molecule has 2 aliphatic carbocycles. The zero-order valence-corrected chi connectivity index (χ0v) is 18.8. The van der Waals surface area contributed by atoms with Gasteiger partial charge in [0.1, 0.15) is 17.9 Å². The summed E-state index contributed by atoms with van der Waals surface area (Å²) in [6.45, 7) is 1.93. The van der Waals surface area contributed by atoms with Gasteiger partial charge in [-0.1, -0.05) is 43.9 Å². The third-order valence-electron chi connectivity index (χ3n) is 7.85. The van der Waals surface area contributed by atoms with E-state index in [1.54, 1.807) is 25.1 Å². The molecule has 4 nitrogen and oxygen atoms in total. The molecule has 1 N–H and O–H groups in total. The lowest BCUT2D eigenvalue weighted by molar-refractivity contribution is -0.138. The van der Waals surface area contributed by atoms with Crippen molar-refractivity contribution in [1.82, 2.24) is 5.32 Å². The Balaban J connectivity index is 1.39. The lowest BCUT2D eigenvalue weighted by Crippen LogP contribution is -2.37. The Kier molecular flexibility index (Phi) is 5.69. The van der Waals surface area contributed by atoms with Crippen LogP contribution in [-0.4, -0.2) is 18.8 Å². The van der Waals surface area contributed by atoms with E-state index in [-0.39, 0.29) is 23.8 Å². The average Bonchev–Trinajstić information content (AvgIpc) is 3.43. The fourth-order valence-corrected chi connectivity index (χ4v) is 5.99. The van der Waals surface area contributed by atoms with E-state index in [1.807, 2.05) is 0 Å². The molecule has 5 rings (SSSR count). The van der Waals surface area contributed by atoms with Crippen molar-refractivity contribution in [1.29, 1.82) is 0 Å². The Morgan fingerprint density at radius 2 is 1.70 bits per heavy atom. The van der Waals surface area contributed by atoms with Crippen LogP contribution >= 0.6 is 0 Å². The van der Waals surface area contributed by atoms with Crippen molar-refractivity contribution in [2.24, 2.45) is 11.8 Å². The predicted molar refractivity (Wildman–Crippen MR) is 119 cm³/mol. The number of hydrogen-bond acceptors (Lipinski definition) is 3. The number of cyclic esters (lactones) is 1. The van der Waals surface area contributed by atoms with Gasteiger partial charge in [-0.25, -0.2) is 4.79 Å². The third-order valence-corrected chi connectivity index (χ3v) is 7.85. The number of amides is 1. The highest BCUT2D eigenvalue weighted by atomic mass is 19.4. The van der Waals surface area contributed by atoms with Crippen molar-refractivity contribution in [3.63, 3.8) is 0 Å². The first-order valence-electron chi connectivity index (χ1n) is 12.0. The highest BCUT2D eigenvalue weighted by molar-refractivity contribution is 5.89. The van der Waals surface area contributed by atoms with E-state index in [2.05, 4.69) is 5.32 Å². The molecule has 0 aromatic heterocycles. The number of halogens is 3. The number of carbonyl (C=O) groups excluding carboxylic acids is 1. The summed E-state index contributed by atoms with van der Waals surface area (Å²) in [6.07, 6.45) is 3.70. The van der Waals surface area contributed by atoms with Crippen molar-refractivity contribution < 1.29 is 27.4 Å². The summed E-state index contributed by atoms with van der Waals surface area (Å²) in [6, 6.07) is 7.92. The van der Waals surface area contributed by atoms with E-state index in [4.69, 9.17) is 9.47 Å². The molecule has 1 heterocycles. The molecule has 1 amide bonds. The average molecular weight is 462 g/mol. The van der Waals surface area contributed by atoms with Crippen LogP contribution < -0.4 is 10.1 Å². The molecule has 7 heteroatoms. The fraction of sp³-hybridized carbons (Fsp3) is 0.577. The number of fused-ring (bicyclic) bond motifs is 1. The zero-order chi connectivity index (χ0) is 23.2. The van der Waals surface area contributed by atoms with E-state index in [1.165, 1.54) is 37.8 Å². The van der Waals surface area contributed by atoms with Gasteiger partial charge in [0.25, 0.3) is 0 Å². The van der Waals surface area contributed by atoms with Crippen molar-refractivity contribution in [2.75, 3.05) is 6.61 Å². The van der Waals surface area contributed by atoms with E-state index in [0.717, 1.165) is 31.6 Å². The van der Waals surface area contributed by atoms with Gasteiger partial charge in [-0.2, -0.15) is 13.2 Å². The van der Waals surface area contributed by atoms with E-state index in [0.29, 0.717) is 16.9 Å². The molecule has 1 aliphatic heterocycles. The number of nitrogens with one attached hydrogen (secondary N) is 1. The summed E-state index contributed by atoms with van der Waals surface area (Å²) < 4.78 is 53.5. The molecule has 0 bridgehead atoms. The molecule has 1 atom stereocenters. The Labute approximate surface area is 191 Å². The van der Waals surface area contributed by atoms with E-state index < -0.39 is 23.4 Å². The summed E-state index contributed by atoms with van der Waals surface area (Å²) in [7, 11) is 0. The van der Waals surface area contributed by atoms with Crippen LogP contribution in [0.1, 0.15) is 69.4 Å². The Morgan fingerprint density at radius 3 is 2.33 bits per heavy atom. The van der Waals surface area contributed by atoms with Gasteiger partial charge in [0, 0.05) is 0 Å². The topological polar surface area (TPSA) is 47.6 Å². The predicted octanol–water partition coefficient (Wildman–Crippen LogP) is 6.94. The molecule has 33 heavy (non-hydrogen) atoms. The first-order chi connectivity index (χ1) is 15.7. The first kappa shape index (κ1) is 22.4. The molecule has 1 saturated heterocycles. The van der Waals surface area contributed by atoms with E-state index >= 15 is 0 Å². The van der Waals surface area contributed by atoms with Crippen molar-refractivity contribution >= 4 is 16.9 Å². The van der Waals surface area contributed by atoms with Crippen molar-refractivity contribution in [2.45, 2.75) is 76.1 Å². The SMILES string of the molecule is C[C@@]1(c2ccc3c(C(F)(F)F)c(OC4CCC(C5CCCC5)CC4)ccc3c2)COC(=O)N1. The van der Waals surface area contributed by atoms with Crippen LogP contribution in [0.2, 0.25) is 0 Å². The van der Waals surface area contributed by atoms with Gasteiger partial charge in [0.15, 0.2) is 0 Å². The van der Waals surface area contributed by atoms with Crippen LogP contribution in [0.25, 0.3) is 10.8 Å². The second-order valence-corrected chi connectivity index (χ2v) is 10.1. The Morgan fingerprint density at radius 1 is 1.00 bits per heavy atom. The van der Waals surface area contributed by atoms with Crippen LogP contribution in [0.15, 0.2) is 30.3 Å². The minimum atomic E-state index is -4.54. The minimum Gasteiger partial charge on any atom is -0.490 e. The molecule has 2 saturated carbocycles. The molecule has 3 aliphatic rings. The quantitative estimate of drug-likeness (QED) is 0.536. The van der Waals surface area contributed by atoms with Crippen LogP contribution in [0.3, 0.4) is 0 Å². The monoisotopic (exact) mass is 461 g/mol. The van der Waals surface area contributed by atoms with Gasteiger partial charge in [-0.15, -0.1) is 0 Å². The van der Waals surface area contributed by atoms with E-state index in [9.17, 15) is 18.0 Å². The lowest BCUT2D eigenvalue weighted by Gasteiger charge is -2.33. The summed E-state index contributed by atoms with van der Waals surface area (Å²) in [5, 5.41) is 3.30. The number of benzene rings is 2. The van der Waals surface area contributed by atoms with Gasteiger partial charge >= 0.3 is 12.3 Å². The molecule has 0 unspecified atom stereocenters. The standard InChI is InChI=1S/C26H30F3NO3/c1-25(15-32-24(31)30-25)19-9-12-21-18(14-19)8-13-22(23(21)26(27,28)29)33-20-10-6-17(7-11-20)16-4-2-3-5-16/h8-9,12-14,16-17,20H,2-7,10-11,15H2,1H3,(H,30,31)/t17?,20?,25-/m0/s1. The maximum absolute atomic E-state index is 14.2. The fourth-order valence-electron chi connectivity index (χ4n) is 5.99. The second-order valence-electron chi connectivity index (χ2n) is 10.1. The highest BCUT2D eigenvalue weighted by Gasteiger charge is 2.40. The molecular formula is C26H30F3NO3. The molecule has 2 aromatic carbocycles. The van der Waals surface area contributed by atoms with Crippen molar-refractivity contribution in [3.05, 3.63) is 41.5 Å². The Bertz CT molecular complexity index is 1040. The minimum absolute atomic E-state index is 0.0872. The highest BCUT2D eigenvalue weighted by Crippen LogP contribution is 2.44. The smallest absolute Gasteiger partial charge is 0.420 e. The molecular weight excluding hydrogens is 431 g/mol. The molecule has 3 fully saturated rings. The zero-order valence-electron chi connectivity index (χ0n) is 18.8. The molecule has 0 radical (unpaired) electrons. The normalized spacial score (nSPS) is 28.7. The molecule has 0 spiro atoms. The number of alkyl halides is 3. The maximum Gasteiger partial charge on any atom is 0.420 e. The third kappa shape index (κ3) is 4.38. The summed E-state index contributed by atoms with van der Waals surface area (Å²) in [5.74, 6) is 1.41. The van der Waals surface area contributed by atoms with Gasteiger partial charge < -0.3 is 14.8 Å². The van der Waals surface area contributed by atoms with Crippen LogP contribution in [0, 0.1) is 11.8 Å². The number of alkyl carbamates (subject to hydrolysis) is 1. The summed E-state index contributed by atoms with van der Waals surface area (Å²) in [5.41, 5.74) is -0.786. The number of hydrogen-bond donors (Lipinski definition) is 1. The largest absolute Gasteiger partial charge is 0.490 e. The first-order valence-corrected chi connectivity index (χ1v) is 12.0. The van der Waals surface area contributed by atoms with Crippen LogP contribution in [-0.2, 0) is 16.5 Å². The van der Waals surface area contributed by atoms with Gasteiger partial charge in [0.2, 0.25) is 0 Å². The lowest BCUT2D eigenvalue weighted by atomic mass is 9.78. The van der Waals surface area contributed by atoms with Gasteiger partial charge in [0.05, 0.1) is 11.6 Å². The molecule has 178 valence electrons. The number of carbonyl (C=O) groups is 1. The summed E-state index contributed by atoms with van der Waals surface area (Å²) >= 11 is 0. The summed E-state index contributed by atoms with van der Waals surface area (Å²) in [4.78, 5) is 11.5. The number of rotatable bonds is 4. The van der Waals surface area contributed by atoms with Crippen molar-refractivity contribution in [3.8, 4) is 5.75 Å². The Hall–Kier alpha value is -2.44. The van der Waals surface area contributed by atoms with Crippen LogP contribution in [0.5, 0.6) is 5.75 Å². The molecule has 2 aromatic rings. The van der Waals surface area contributed by atoms with Gasteiger partial charge in [-0.05, 0) is 72.9 Å². The maximum atomic E-state index is 14.2. The van der Waals surface area contributed by atoms with Gasteiger partial charge in [-0.3, -0.25) is 0 Å². The number of ether oxygens (including phenoxy) is 2. The second kappa shape index (κ2) is 8.41.